The molecular formula is C15H23N3O2S. The summed E-state index contributed by atoms with van der Waals surface area (Å²) >= 11 is 1.33. The Hall–Kier alpha value is -1.56. The number of nitrogens with two attached hydrogens (primary N) is 1. The van der Waals surface area contributed by atoms with Gasteiger partial charge in [0.1, 0.15) is 5.00 Å². The third kappa shape index (κ3) is 3.20. The van der Waals surface area contributed by atoms with E-state index >= 15 is 0 Å². The van der Waals surface area contributed by atoms with Crippen LogP contribution in [-0.4, -0.2) is 32.3 Å². The summed E-state index contributed by atoms with van der Waals surface area (Å²) in [6.07, 6.45) is 2.47. The van der Waals surface area contributed by atoms with Gasteiger partial charge in [0.05, 0.1) is 16.1 Å². The van der Waals surface area contributed by atoms with Crippen molar-refractivity contribution in [1.82, 2.24) is 5.32 Å². The maximum absolute atomic E-state index is 12.3. The van der Waals surface area contributed by atoms with Gasteiger partial charge in [0, 0.05) is 26.6 Å². The van der Waals surface area contributed by atoms with Crippen molar-refractivity contribution in [3.63, 3.8) is 0 Å². The molecule has 1 saturated carbocycles. The number of thiophene rings is 1. The molecule has 1 aromatic heterocycles. The number of carbonyl (C=O) groups is 2. The zero-order valence-corrected chi connectivity index (χ0v) is 13.8. The van der Waals surface area contributed by atoms with Gasteiger partial charge in [-0.25, -0.2) is 0 Å². The molecule has 1 amide bonds. The largest absolute Gasteiger partial charge is 0.397 e. The summed E-state index contributed by atoms with van der Waals surface area (Å²) in [6.45, 7) is 4.59. The Morgan fingerprint density at radius 1 is 1.43 bits per heavy atom. The number of anilines is 2. The summed E-state index contributed by atoms with van der Waals surface area (Å²) in [5, 5.41) is 3.41. The fraction of sp³-hybridized carbons (Fsp3) is 0.600. The molecule has 0 atom stereocenters. The molecule has 116 valence electrons. The molecule has 5 nitrogen and oxygen atoms in total. The Bertz CT molecular complexity index is 562. The molecule has 1 aliphatic rings. The number of nitrogens with one attached hydrogen (secondary N) is 1. The van der Waals surface area contributed by atoms with E-state index in [0.29, 0.717) is 22.0 Å². The number of nitrogens with zero attached hydrogens (tertiary/aromatic N) is 1. The van der Waals surface area contributed by atoms with Crippen molar-refractivity contribution in [2.24, 2.45) is 11.8 Å². The Morgan fingerprint density at radius 3 is 2.52 bits per heavy atom. The first kappa shape index (κ1) is 15.8. The average molecular weight is 309 g/mol. The molecule has 0 radical (unpaired) electrons. The van der Waals surface area contributed by atoms with Crippen molar-refractivity contribution < 1.29 is 9.59 Å². The van der Waals surface area contributed by atoms with Crippen LogP contribution in [0.2, 0.25) is 0 Å². The molecule has 1 fully saturated rings. The van der Waals surface area contributed by atoms with Gasteiger partial charge in [-0.2, -0.15) is 0 Å². The maximum atomic E-state index is 12.3. The molecule has 6 heteroatoms. The second-order valence-corrected chi connectivity index (χ2v) is 6.95. The zero-order valence-electron chi connectivity index (χ0n) is 13.0. The number of rotatable bonds is 6. The normalized spacial score (nSPS) is 14.3. The van der Waals surface area contributed by atoms with Crippen LogP contribution < -0.4 is 16.0 Å². The third-order valence-electron chi connectivity index (χ3n) is 3.70. The number of hydrogen-bond acceptors (Lipinski definition) is 5. The summed E-state index contributed by atoms with van der Waals surface area (Å²) in [4.78, 5) is 27.0. The van der Waals surface area contributed by atoms with E-state index < -0.39 is 0 Å². The minimum absolute atomic E-state index is 0.00581. The predicted molar refractivity (Wildman–Crippen MR) is 87.3 cm³/mol. The van der Waals surface area contributed by atoms with Crippen molar-refractivity contribution in [3.05, 3.63) is 10.4 Å². The van der Waals surface area contributed by atoms with Crippen molar-refractivity contribution in [1.29, 1.82) is 0 Å². The molecule has 1 aromatic rings. The molecule has 0 unspecified atom stereocenters. The molecular weight excluding hydrogens is 286 g/mol. The number of amides is 1. The molecule has 1 aliphatic carbocycles. The van der Waals surface area contributed by atoms with Crippen molar-refractivity contribution in [3.8, 4) is 0 Å². The highest BCUT2D eigenvalue weighted by atomic mass is 32.1. The van der Waals surface area contributed by atoms with Crippen molar-refractivity contribution in [2.75, 3.05) is 31.3 Å². The molecule has 21 heavy (non-hydrogen) atoms. The lowest BCUT2D eigenvalue weighted by molar-refractivity contribution is 0.0944. The molecule has 3 N–H and O–H groups in total. The van der Waals surface area contributed by atoms with Crippen LogP contribution in [0.5, 0.6) is 0 Å². The monoisotopic (exact) mass is 309 g/mol. The Kier molecular flexibility index (Phi) is 4.56. The van der Waals surface area contributed by atoms with Gasteiger partial charge in [0.25, 0.3) is 5.91 Å². The summed E-state index contributed by atoms with van der Waals surface area (Å²) in [7, 11) is 3.54. The third-order valence-corrected chi connectivity index (χ3v) is 5.04. The molecule has 0 spiro atoms. The molecule has 0 saturated heterocycles. The van der Waals surface area contributed by atoms with Gasteiger partial charge in [-0.3, -0.25) is 9.59 Å². The summed E-state index contributed by atoms with van der Waals surface area (Å²) in [5.41, 5.74) is 6.86. The van der Waals surface area contributed by atoms with Crippen LogP contribution in [0.15, 0.2) is 0 Å². The summed E-state index contributed by atoms with van der Waals surface area (Å²) in [6, 6.07) is 0. The van der Waals surface area contributed by atoms with Crippen LogP contribution in [-0.2, 0) is 0 Å². The van der Waals surface area contributed by atoms with Crippen LogP contribution in [0.1, 0.15) is 46.7 Å². The van der Waals surface area contributed by atoms with E-state index in [0.717, 1.165) is 11.5 Å². The first-order valence-corrected chi connectivity index (χ1v) is 8.08. The quantitative estimate of drug-likeness (QED) is 0.791. The molecule has 2 rings (SSSR count). The molecule has 0 aliphatic heterocycles. The fourth-order valence-corrected chi connectivity index (χ4v) is 3.54. The zero-order chi connectivity index (χ0) is 15.7. The average Bonchev–Trinajstić information content (AvgIpc) is 3.18. The van der Waals surface area contributed by atoms with Crippen LogP contribution in [0, 0.1) is 11.8 Å². The van der Waals surface area contributed by atoms with Crippen molar-refractivity contribution >= 4 is 33.7 Å². The maximum Gasteiger partial charge on any atom is 0.256 e. The highest BCUT2D eigenvalue weighted by Crippen LogP contribution is 2.40. The van der Waals surface area contributed by atoms with Gasteiger partial charge >= 0.3 is 0 Å². The predicted octanol–water partition coefficient (Wildman–Crippen LogP) is 2.37. The van der Waals surface area contributed by atoms with Gasteiger partial charge < -0.3 is 16.0 Å². The Labute approximate surface area is 129 Å². The van der Waals surface area contributed by atoms with Crippen LogP contribution >= 0.6 is 11.3 Å². The minimum atomic E-state index is -0.232. The highest BCUT2D eigenvalue weighted by molar-refractivity contribution is 7.19. The molecule has 1 heterocycles. The number of Topliss-reactive ketones (excluding diaryl/α,β-unsaturated/α-hetero) is 1. The van der Waals surface area contributed by atoms with Gasteiger partial charge in [-0.15, -0.1) is 11.3 Å². The standard InChI is InChI=1S/C15H23N3O2S/c1-8(2)12(19)13-11(16)10(14(20)17-3)15(21-13)18(4)7-9-5-6-9/h8-9H,5-7,16H2,1-4H3,(H,17,20). The lowest BCUT2D eigenvalue weighted by Crippen LogP contribution is -2.25. The van der Waals surface area contributed by atoms with E-state index in [1.807, 2.05) is 20.9 Å². The first-order valence-electron chi connectivity index (χ1n) is 7.26. The minimum Gasteiger partial charge on any atom is -0.397 e. The number of hydrogen-bond donors (Lipinski definition) is 2. The smallest absolute Gasteiger partial charge is 0.256 e. The summed E-state index contributed by atoms with van der Waals surface area (Å²) in [5.74, 6) is 0.322. The SMILES string of the molecule is CNC(=O)c1c(N(C)CC2CC2)sc(C(=O)C(C)C)c1N. The van der Waals surface area contributed by atoms with Gasteiger partial charge in [-0.05, 0) is 18.8 Å². The van der Waals surface area contributed by atoms with E-state index in [-0.39, 0.29) is 17.6 Å². The topological polar surface area (TPSA) is 75.4 Å². The van der Waals surface area contributed by atoms with E-state index in [4.69, 9.17) is 5.73 Å². The van der Waals surface area contributed by atoms with Crippen LogP contribution in [0.25, 0.3) is 0 Å². The summed E-state index contributed by atoms with van der Waals surface area (Å²) < 4.78 is 0. The Balaban J connectivity index is 2.43. The van der Waals surface area contributed by atoms with Gasteiger partial charge in [-0.1, -0.05) is 13.8 Å². The molecule has 0 aromatic carbocycles. The first-order chi connectivity index (χ1) is 9.86. The van der Waals surface area contributed by atoms with Crippen LogP contribution in [0.3, 0.4) is 0 Å². The van der Waals surface area contributed by atoms with E-state index in [2.05, 4.69) is 10.2 Å². The second kappa shape index (κ2) is 6.05. The number of carbonyl (C=O) groups excluding carboxylic acids is 2. The van der Waals surface area contributed by atoms with Gasteiger partial charge in [0.15, 0.2) is 5.78 Å². The van der Waals surface area contributed by atoms with E-state index in [1.165, 1.54) is 24.2 Å². The fourth-order valence-electron chi connectivity index (χ4n) is 2.26. The lowest BCUT2D eigenvalue weighted by Gasteiger charge is -2.18. The number of ketones is 1. The van der Waals surface area contributed by atoms with Crippen molar-refractivity contribution in [2.45, 2.75) is 26.7 Å². The second-order valence-electron chi connectivity index (χ2n) is 5.95. The molecule has 0 bridgehead atoms. The van der Waals surface area contributed by atoms with E-state index in [1.54, 1.807) is 7.05 Å². The Morgan fingerprint density at radius 2 is 2.05 bits per heavy atom. The van der Waals surface area contributed by atoms with Crippen LogP contribution in [0.4, 0.5) is 10.7 Å². The van der Waals surface area contributed by atoms with E-state index in [9.17, 15) is 9.59 Å². The van der Waals surface area contributed by atoms with Gasteiger partial charge in [0.2, 0.25) is 0 Å². The lowest BCUT2D eigenvalue weighted by atomic mass is 10.1. The number of nitrogen functional groups attached to an aromatic ring is 1. The highest BCUT2D eigenvalue weighted by Gasteiger charge is 2.30.